The number of imidazole rings is 1. The van der Waals surface area contributed by atoms with Crippen LogP contribution in [0.5, 0.6) is 0 Å². The number of nitrogens with zero attached hydrogens (tertiary/aromatic N) is 2. The largest absolute Gasteiger partial charge is 0.392 e. The second-order valence-corrected chi connectivity index (χ2v) is 7.33. The Morgan fingerprint density at radius 1 is 0.923 bits per heavy atom. The maximum Gasteiger partial charge on any atom is 0.108 e. The van der Waals surface area contributed by atoms with Gasteiger partial charge in [0, 0.05) is 25.4 Å². The molecule has 1 aliphatic rings. The second-order valence-electron chi connectivity index (χ2n) is 7.33. The fourth-order valence-corrected chi connectivity index (χ4v) is 3.95. The van der Waals surface area contributed by atoms with Crippen LogP contribution in [0.3, 0.4) is 0 Å². The molecule has 3 nitrogen and oxygen atoms in total. The van der Waals surface area contributed by atoms with Crippen molar-refractivity contribution in [2.24, 2.45) is 0 Å². The van der Waals surface area contributed by atoms with E-state index in [9.17, 15) is 0 Å². The Morgan fingerprint density at radius 3 is 2.04 bits per heavy atom. The number of aliphatic hydroxyl groups is 1. The number of aryl methyl sites for hydroxylation is 1. The van der Waals surface area contributed by atoms with Crippen molar-refractivity contribution in [3.05, 3.63) is 89.0 Å². The molecule has 1 aromatic heterocycles. The van der Waals surface area contributed by atoms with Gasteiger partial charge in [0.1, 0.15) is 5.82 Å². The third-order valence-corrected chi connectivity index (χ3v) is 5.69. The van der Waals surface area contributed by atoms with Gasteiger partial charge in [0.2, 0.25) is 0 Å². The van der Waals surface area contributed by atoms with Gasteiger partial charge in [-0.1, -0.05) is 55.5 Å². The van der Waals surface area contributed by atoms with Crippen LogP contribution in [0.15, 0.2) is 60.9 Å². The minimum absolute atomic E-state index is 0.124. The zero-order chi connectivity index (χ0) is 17.9. The molecule has 26 heavy (non-hydrogen) atoms. The molecule has 0 radical (unpaired) electrons. The molecule has 3 heteroatoms. The molecule has 2 aromatic carbocycles. The molecule has 134 valence electrons. The molecule has 0 atom stereocenters. The van der Waals surface area contributed by atoms with Crippen molar-refractivity contribution in [3.8, 4) is 0 Å². The van der Waals surface area contributed by atoms with Crippen LogP contribution in [-0.2, 0) is 19.6 Å². The van der Waals surface area contributed by atoms with Gasteiger partial charge in [0.15, 0.2) is 0 Å². The minimum Gasteiger partial charge on any atom is -0.392 e. The Morgan fingerprint density at radius 2 is 1.50 bits per heavy atom. The molecule has 0 amide bonds. The zero-order valence-corrected chi connectivity index (χ0v) is 15.3. The fraction of sp³-hybridized carbons (Fsp3) is 0.348. The van der Waals surface area contributed by atoms with Crippen LogP contribution in [-0.4, -0.2) is 14.7 Å². The first kappa shape index (κ1) is 17.0. The van der Waals surface area contributed by atoms with E-state index < -0.39 is 0 Å². The minimum atomic E-state index is 0.124. The summed E-state index contributed by atoms with van der Waals surface area (Å²) in [7, 11) is 0. The van der Waals surface area contributed by atoms with Gasteiger partial charge in [-0.3, -0.25) is 0 Å². The summed E-state index contributed by atoms with van der Waals surface area (Å²) >= 11 is 0. The van der Waals surface area contributed by atoms with Crippen LogP contribution in [0, 0.1) is 0 Å². The van der Waals surface area contributed by atoms with Crippen LogP contribution in [0.2, 0.25) is 0 Å². The third-order valence-electron chi connectivity index (χ3n) is 5.69. The van der Waals surface area contributed by atoms with Crippen LogP contribution in [0.1, 0.15) is 59.7 Å². The van der Waals surface area contributed by atoms with Crippen molar-refractivity contribution < 1.29 is 5.11 Å². The summed E-state index contributed by atoms with van der Waals surface area (Å²) in [4.78, 5) is 4.40. The summed E-state index contributed by atoms with van der Waals surface area (Å²) in [6, 6.07) is 17.5. The average Bonchev–Trinajstić information content (AvgIpc) is 3.09. The van der Waals surface area contributed by atoms with E-state index in [1.807, 2.05) is 18.3 Å². The van der Waals surface area contributed by atoms with E-state index in [1.165, 1.54) is 29.5 Å². The summed E-state index contributed by atoms with van der Waals surface area (Å²) in [5.74, 6) is 2.47. The lowest BCUT2D eigenvalue weighted by molar-refractivity contribution is 0.281. The van der Waals surface area contributed by atoms with Crippen molar-refractivity contribution in [2.45, 2.75) is 51.2 Å². The molecular weight excluding hydrogens is 320 g/mol. The first-order valence-corrected chi connectivity index (χ1v) is 9.55. The molecule has 1 fully saturated rings. The molecule has 1 heterocycles. The standard InChI is InChI=1S/C23H26N2O/c1-2-23-24-11-12-25(23)15-17-3-7-19(8-4-17)21-13-22(14-21)20-9-5-18(16-26)6-10-20/h3-12,21-22,26H,2,13-16H2,1H3/t21-,22-. The van der Waals surface area contributed by atoms with Gasteiger partial charge in [-0.15, -0.1) is 0 Å². The van der Waals surface area contributed by atoms with E-state index in [2.05, 4.69) is 59.1 Å². The Balaban J connectivity index is 1.36. The van der Waals surface area contributed by atoms with Gasteiger partial charge in [-0.25, -0.2) is 4.98 Å². The van der Waals surface area contributed by atoms with Crippen LogP contribution in [0.25, 0.3) is 0 Å². The summed E-state index contributed by atoms with van der Waals surface area (Å²) in [5.41, 5.74) is 5.18. The lowest BCUT2D eigenvalue weighted by atomic mass is 9.68. The van der Waals surface area contributed by atoms with E-state index >= 15 is 0 Å². The third kappa shape index (κ3) is 3.45. The van der Waals surface area contributed by atoms with Crippen LogP contribution < -0.4 is 0 Å². The first-order chi connectivity index (χ1) is 12.8. The Bertz CT molecular complexity index is 843. The number of benzene rings is 2. The molecule has 1 saturated carbocycles. The molecule has 1 aliphatic carbocycles. The smallest absolute Gasteiger partial charge is 0.108 e. The summed E-state index contributed by atoms with van der Waals surface area (Å²) in [6.45, 7) is 3.17. The predicted octanol–water partition coefficient (Wildman–Crippen LogP) is 4.65. The molecule has 0 bridgehead atoms. The topological polar surface area (TPSA) is 38.0 Å². The van der Waals surface area contributed by atoms with E-state index in [4.69, 9.17) is 5.11 Å². The van der Waals surface area contributed by atoms with Gasteiger partial charge in [-0.2, -0.15) is 0 Å². The maximum absolute atomic E-state index is 9.16. The van der Waals surface area contributed by atoms with E-state index in [-0.39, 0.29) is 6.61 Å². The van der Waals surface area contributed by atoms with E-state index in [0.717, 1.165) is 24.4 Å². The Labute approximate surface area is 155 Å². The van der Waals surface area contributed by atoms with Crippen molar-refractivity contribution in [2.75, 3.05) is 0 Å². The van der Waals surface area contributed by atoms with Crippen molar-refractivity contribution >= 4 is 0 Å². The van der Waals surface area contributed by atoms with Gasteiger partial charge >= 0.3 is 0 Å². The molecule has 3 aromatic rings. The number of aromatic nitrogens is 2. The molecule has 4 rings (SSSR count). The molecule has 0 unspecified atom stereocenters. The molecule has 0 saturated heterocycles. The van der Waals surface area contributed by atoms with Crippen molar-refractivity contribution in [1.29, 1.82) is 0 Å². The normalized spacial score (nSPS) is 19.3. The summed E-state index contributed by atoms with van der Waals surface area (Å²) in [5, 5.41) is 9.16. The first-order valence-electron chi connectivity index (χ1n) is 9.55. The van der Waals surface area contributed by atoms with Gasteiger partial charge < -0.3 is 9.67 Å². The monoisotopic (exact) mass is 346 g/mol. The highest BCUT2D eigenvalue weighted by molar-refractivity contribution is 5.32. The lowest BCUT2D eigenvalue weighted by Gasteiger charge is -2.36. The van der Waals surface area contributed by atoms with Crippen molar-refractivity contribution in [1.82, 2.24) is 9.55 Å². The highest BCUT2D eigenvalue weighted by Gasteiger charge is 2.31. The SMILES string of the molecule is CCc1nccn1Cc1ccc([C@H]2C[C@H](c3ccc(CO)cc3)C2)cc1. The van der Waals surface area contributed by atoms with Crippen LogP contribution in [0.4, 0.5) is 0 Å². The predicted molar refractivity (Wildman–Crippen MR) is 104 cm³/mol. The lowest BCUT2D eigenvalue weighted by Crippen LogP contribution is -2.20. The van der Waals surface area contributed by atoms with Crippen molar-refractivity contribution in [3.63, 3.8) is 0 Å². The van der Waals surface area contributed by atoms with E-state index in [1.54, 1.807) is 0 Å². The fourth-order valence-electron chi connectivity index (χ4n) is 3.95. The summed E-state index contributed by atoms with van der Waals surface area (Å²) < 4.78 is 2.23. The number of hydrogen-bond acceptors (Lipinski definition) is 2. The molecule has 1 N–H and O–H groups in total. The average molecular weight is 346 g/mol. The zero-order valence-electron chi connectivity index (χ0n) is 15.3. The quantitative estimate of drug-likeness (QED) is 0.706. The number of hydrogen-bond donors (Lipinski definition) is 1. The second kappa shape index (κ2) is 7.46. The Hall–Kier alpha value is -2.39. The number of rotatable bonds is 6. The van der Waals surface area contributed by atoms with Gasteiger partial charge in [0.25, 0.3) is 0 Å². The van der Waals surface area contributed by atoms with Crippen LogP contribution >= 0.6 is 0 Å². The Kier molecular flexibility index (Phi) is 4.89. The molecular formula is C23H26N2O. The highest BCUT2D eigenvalue weighted by Crippen LogP contribution is 2.47. The highest BCUT2D eigenvalue weighted by atomic mass is 16.3. The van der Waals surface area contributed by atoms with Gasteiger partial charge in [-0.05, 0) is 46.9 Å². The summed E-state index contributed by atoms with van der Waals surface area (Å²) in [6.07, 6.45) is 7.35. The molecule has 0 spiro atoms. The molecule has 0 aliphatic heterocycles. The van der Waals surface area contributed by atoms with E-state index in [0.29, 0.717) is 11.8 Å². The number of aliphatic hydroxyl groups excluding tert-OH is 1. The maximum atomic E-state index is 9.16. The van der Waals surface area contributed by atoms with Gasteiger partial charge in [0.05, 0.1) is 6.61 Å².